The lowest BCUT2D eigenvalue weighted by Gasteiger charge is -2.06. The van der Waals surface area contributed by atoms with E-state index in [-0.39, 0.29) is 12.1 Å². The van der Waals surface area contributed by atoms with Crippen LogP contribution in [0, 0.1) is 0 Å². The first-order chi connectivity index (χ1) is 9.25. The van der Waals surface area contributed by atoms with Gasteiger partial charge in [0.15, 0.2) is 5.65 Å². The van der Waals surface area contributed by atoms with Gasteiger partial charge < -0.3 is 10.4 Å². The fourth-order valence-electron chi connectivity index (χ4n) is 1.68. The van der Waals surface area contributed by atoms with E-state index in [1.807, 2.05) is 0 Å². The zero-order valence-electron chi connectivity index (χ0n) is 9.61. The zero-order valence-corrected chi connectivity index (χ0v) is 9.61. The van der Waals surface area contributed by atoms with Gasteiger partial charge in [-0.05, 0) is 0 Å². The van der Waals surface area contributed by atoms with Crippen molar-refractivity contribution in [3.05, 3.63) is 36.2 Å². The molecule has 19 heavy (non-hydrogen) atoms. The van der Waals surface area contributed by atoms with Crippen molar-refractivity contribution in [2.45, 2.75) is 6.54 Å². The molecule has 0 bridgehead atoms. The lowest BCUT2D eigenvalue weighted by molar-refractivity contribution is 0.0696. The van der Waals surface area contributed by atoms with Crippen LogP contribution in [-0.4, -0.2) is 40.9 Å². The smallest absolute Gasteiger partial charge is 0.339 e. The van der Waals surface area contributed by atoms with Crippen LogP contribution in [0.4, 0.5) is 5.82 Å². The average Bonchev–Trinajstić information content (AvgIpc) is 3.04. The van der Waals surface area contributed by atoms with Gasteiger partial charge in [0.2, 0.25) is 0 Å². The van der Waals surface area contributed by atoms with Crippen molar-refractivity contribution in [2.75, 3.05) is 5.32 Å². The monoisotopic (exact) mass is 259 g/mol. The number of nitrogens with one attached hydrogen (secondary N) is 2. The Balaban J connectivity index is 1.84. The lowest BCUT2D eigenvalue weighted by atomic mass is 10.2. The molecule has 9 heteroatoms. The summed E-state index contributed by atoms with van der Waals surface area (Å²) in [6.07, 6.45) is 5.85. The molecule has 0 saturated heterocycles. The minimum atomic E-state index is -1.03. The molecular formula is C10H9N7O2. The number of fused-ring (bicyclic) bond motifs is 1. The van der Waals surface area contributed by atoms with Crippen LogP contribution in [0.1, 0.15) is 16.1 Å². The van der Waals surface area contributed by atoms with E-state index < -0.39 is 5.97 Å². The second kappa shape index (κ2) is 4.37. The van der Waals surface area contributed by atoms with Gasteiger partial charge in [0.25, 0.3) is 0 Å². The molecule has 0 saturated carbocycles. The van der Waals surface area contributed by atoms with Gasteiger partial charge in [-0.1, -0.05) is 0 Å². The van der Waals surface area contributed by atoms with E-state index in [9.17, 15) is 4.79 Å². The molecule has 0 atom stereocenters. The molecule has 0 amide bonds. The summed E-state index contributed by atoms with van der Waals surface area (Å²) < 4.78 is 1.57. The second-order valence-corrected chi connectivity index (χ2v) is 3.74. The summed E-state index contributed by atoms with van der Waals surface area (Å²) in [6, 6.07) is 0. The minimum Gasteiger partial charge on any atom is -0.478 e. The van der Waals surface area contributed by atoms with Gasteiger partial charge in [-0.25, -0.2) is 9.78 Å². The number of H-pyrrole nitrogens is 1. The van der Waals surface area contributed by atoms with Gasteiger partial charge >= 0.3 is 5.97 Å². The van der Waals surface area contributed by atoms with Crippen LogP contribution in [0.3, 0.4) is 0 Å². The zero-order chi connectivity index (χ0) is 13.2. The number of carboxylic acids is 1. The molecular weight excluding hydrogens is 250 g/mol. The van der Waals surface area contributed by atoms with Crippen LogP contribution in [0.25, 0.3) is 5.65 Å². The number of aromatic carboxylic acids is 1. The highest BCUT2D eigenvalue weighted by Crippen LogP contribution is 2.10. The quantitative estimate of drug-likeness (QED) is 0.610. The number of rotatable bonds is 4. The number of carboxylic acid groups (broad SMARTS) is 1. The van der Waals surface area contributed by atoms with Gasteiger partial charge in [-0.15, -0.1) is 0 Å². The Labute approximate surface area is 106 Å². The Morgan fingerprint density at radius 2 is 2.32 bits per heavy atom. The van der Waals surface area contributed by atoms with E-state index in [2.05, 4.69) is 30.6 Å². The Kier molecular flexibility index (Phi) is 2.56. The summed E-state index contributed by atoms with van der Waals surface area (Å²) in [5.74, 6) is -0.413. The molecule has 0 unspecified atom stereocenters. The summed E-state index contributed by atoms with van der Waals surface area (Å²) in [5.41, 5.74) is 1.21. The fourth-order valence-corrected chi connectivity index (χ4v) is 1.68. The lowest BCUT2D eigenvalue weighted by Crippen LogP contribution is -2.09. The Morgan fingerprint density at radius 3 is 3.16 bits per heavy atom. The number of nitrogens with zero attached hydrogens (tertiary/aromatic N) is 5. The third-order valence-corrected chi connectivity index (χ3v) is 2.58. The summed E-state index contributed by atoms with van der Waals surface area (Å²) in [4.78, 5) is 19.0. The van der Waals surface area contributed by atoms with Crippen molar-refractivity contribution in [2.24, 2.45) is 0 Å². The maximum atomic E-state index is 10.9. The number of aromatic nitrogens is 6. The number of aromatic amines is 1. The first-order valence-corrected chi connectivity index (χ1v) is 5.39. The van der Waals surface area contributed by atoms with Crippen LogP contribution in [0.15, 0.2) is 24.9 Å². The van der Waals surface area contributed by atoms with Gasteiger partial charge in [-0.3, -0.25) is 10.1 Å². The summed E-state index contributed by atoms with van der Waals surface area (Å²) in [6.45, 7) is 0.266. The summed E-state index contributed by atoms with van der Waals surface area (Å²) in [7, 11) is 0. The normalized spacial score (nSPS) is 10.7. The van der Waals surface area contributed by atoms with E-state index in [0.29, 0.717) is 17.2 Å². The molecule has 0 aliphatic rings. The van der Waals surface area contributed by atoms with Gasteiger partial charge in [-0.2, -0.15) is 14.7 Å². The maximum absolute atomic E-state index is 10.9. The van der Waals surface area contributed by atoms with E-state index in [0.717, 1.165) is 0 Å². The molecule has 96 valence electrons. The van der Waals surface area contributed by atoms with Gasteiger partial charge in [0.05, 0.1) is 30.8 Å². The highest BCUT2D eigenvalue weighted by molar-refractivity contribution is 5.88. The molecule has 0 radical (unpaired) electrons. The van der Waals surface area contributed by atoms with Gasteiger partial charge in [0, 0.05) is 0 Å². The van der Waals surface area contributed by atoms with Crippen molar-refractivity contribution in [1.29, 1.82) is 0 Å². The predicted molar refractivity (Wildman–Crippen MR) is 63.7 cm³/mol. The van der Waals surface area contributed by atoms with Crippen LogP contribution in [0.2, 0.25) is 0 Å². The van der Waals surface area contributed by atoms with Crippen molar-refractivity contribution < 1.29 is 9.90 Å². The largest absolute Gasteiger partial charge is 0.478 e. The first kappa shape index (κ1) is 11.1. The standard InChI is InChI=1S/C10H9N7O2/c18-10(19)6-1-14-16-7(6)2-12-8-3-11-4-9-13-5-15-17(8)9/h1,3-5,12H,2H2,(H,14,16)(H,18,19). The molecule has 0 aliphatic heterocycles. The van der Waals surface area contributed by atoms with E-state index in [1.54, 1.807) is 16.9 Å². The molecule has 0 fully saturated rings. The Bertz CT molecular complexity index is 732. The van der Waals surface area contributed by atoms with E-state index in [4.69, 9.17) is 5.11 Å². The molecule has 3 rings (SSSR count). The fraction of sp³-hybridized carbons (Fsp3) is 0.100. The Morgan fingerprint density at radius 1 is 1.42 bits per heavy atom. The minimum absolute atomic E-state index is 0.131. The molecule has 3 heterocycles. The molecule has 0 spiro atoms. The third kappa shape index (κ3) is 1.97. The van der Waals surface area contributed by atoms with Crippen molar-refractivity contribution in [3.8, 4) is 0 Å². The number of carbonyl (C=O) groups is 1. The number of anilines is 1. The third-order valence-electron chi connectivity index (χ3n) is 2.58. The van der Waals surface area contributed by atoms with Crippen molar-refractivity contribution in [3.63, 3.8) is 0 Å². The number of hydrogen-bond acceptors (Lipinski definition) is 6. The van der Waals surface area contributed by atoms with Crippen molar-refractivity contribution >= 4 is 17.4 Å². The molecule has 9 nitrogen and oxygen atoms in total. The molecule has 3 N–H and O–H groups in total. The predicted octanol–water partition coefficient (Wildman–Crippen LogP) is 0.158. The molecule has 3 aromatic rings. The molecule has 0 aliphatic carbocycles. The molecule has 0 aromatic carbocycles. The van der Waals surface area contributed by atoms with Gasteiger partial charge in [0.1, 0.15) is 17.7 Å². The average molecular weight is 259 g/mol. The SMILES string of the molecule is O=C(O)c1cn[nH]c1CNc1cncc2ncnn12. The summed E-state index contributed by atoms with van der Waals surface area (Å²) >= 11 is 0. The van der Waals surface area contributed by atoms with Crippen molar-refractivity contribution in [1.82, 2.24) is 29.8 Å². The van der Waals surface area contributed by atoms with Crippen LogP contribution in [-0.2, 0) is 6.54 Å². The van der Waals surface area contributed by atoms with E-state index in [1.165, 1.54) is 12.5 Å². The van der Waals surface area contributed by atoms with E-state index >= 15 is 0 Å². The molecule has 3 aromatic heterocycles. The van der Waals surface area contributed by atoms with Crippen LogP contribution < -0.4 is 5.32 Å². The second-order valence-electron chi connectivity index (χ2n) is 3.74. The van der Waals surface area contributed by atoms with Crippen LogP contribution >= 0.6 is 0 Å². The highest BCUT2D eigenvalue weighted by atomic mass is 16.4. The first-order valence-electron chi connectivity index (χ1n) is 5.39. The highest BCUT2D eigenvalue weighted by Gasteiger charge is 2.12. The maximum Gasteiger partial charge on any atom is 0.339 e. The summed E-state index contributed by atoms with van der Waals surface area (Å²) in [5, 5.41) is 22.4. The Hall–Kier alpha value is -2.97. The topological polar surface area (TPSA) is 121 Å². The number of hydrogen-bond donors (Lipinski definition) is 3. The van der Waals surface area contributed by atoms with Crippen LogP contribution in [0.5, 0.6) is 0 Å².